The van der Waals surface area contributed by atoms with Gasteiger partial charge in [-0.05, 0) is 37.8 Å². The summed E-state index contributed by atoms with van der Waals surface area (Å²) in [6.07, 6.45) is 2.49. The van der Waals surface area contributed by atoms with E-state index in [0.717, 1.165) is 24.9 Å². The highest BCUT2D eigenvalue weighted by Crippen LogP contribution is 2.22. The van der Waals surface area contributed by atoms with E-state index in [9.17, 15) is 15.0 Å². The first-order valence-electron chi connectivity index (χ1n) is 6.75. The van der Waals surface area contributed by atoms with Gasteiger partial charge in [-0.1, -0.05) is 18.2 Å². The molecule has 104 valence electrons. The third-order valence-electron chi connectivity index (χ3n) is 3.63. The fourth-order valence-electron chi connectivity index (χ4n) is 2.55. The van der Waals surface area contributed by atoms with Crippen molar-refractivity contribution in [1.29, 1.82) is 0 Å². The topological polar surface area (TPSA) is 60.8 Å². The van der Waals surface area contributed by atoms with E-state index in [2.05, 4.69) is 0 Å². The van der Waals surface area contributed by atoms with Crippen molar-refractivity contribution in [3.8, 4) is 5.75 Å². The number of rotatable bonds is 3. The predicted molar refractivity (Wildman–Crippen MR) is 72.9 cm³/mol. The maximum Gasteiger partial charge on any atom is 0.223 e. The van der Waals surface area contributed by atoms with Crippen molar-refractivity contribution in [3.63, 3.8) is 0 Å². The average Bonchev–Trinajstić information content (AvgIpc) is 2.36. The van der Waals surface area contributed by atoms with E-state index < -0.39 is 5.60 Å². The summed E-state index contributed by atoms with van der Waals surface area (Å²) in [5, 5.41) is 19.6. The third-order valence-corrected chi connectivity index (χ3v) is 3.63. The molecule has 19 heavy (non-hydrogen) atoms. The quantitative estimate of drug-likeness (QED) is 0.872. The Bertz CT molecular complexity index is 456. The molecule has 0 aromatic heterocycles. The molecule has 1 aliphatic heterocycles. The number of phenols is 1. The van der Waals surface area contributed by atoms with Crippen molar-refractivity contribution in [2.24, 2.45) is 0 Å². The van der Waals surface area contributed by atoms with Crippen LogP contribution in [0.25, 0.3) is 0 Å². The number of aromatic hydroxyl groups is 1. The zero-order valence-corrected chi connectivity index (χ0v) is 11.3. The number of aryl methyl sites for hydroxylation is 1. The minimum atomic E-state index is -0.761. The van der Waals surface area contributed by atoms with E-state index in [-0.39, 0.29) is 11.7 Å². The molecule has 1 atom stereocenters. The van der Waals surface area contributed by atoms with Gasteiger partial charge in [0.15, 0.2) is 0 Å². The number of aliphatic hydroxyl groups is 1. The monoisotopic (exact) mass is 263 g/mol. The minimum Gasteiger partial charge on any atom is -0.508 e. The molecule has 0 radical (unpaired) electrons. The first-order chi connectivity index (χ1) is 8.98. The molecule has 2 rings (SSSR count). The smallest absolute Gasteiger partial charge is 0.223 e. The van der Waals surface area contributed by atoms with Gasteiger partial charge < -0.3 is 15.1 Å². The van der Waals surface area contributed by atoms with Gasteiger partial charge in [-0.2, -0.15) is 0 Å². The van der Waals surface area contributed by atoms with Crippen molar-refractivity contribution in [1.82, 2.24) is 4.90 Å². The first-order valence-corrected chi connectivity index (χ1v) is 6.75. The van der Waals surface area contributed by atoms with Gasteiger partial charge in [-0.3, -0.25) is 4.79 Å². The van der Waals surface area contributed by atoms with Crippen LogP contribution >= 0.6 is 0 Å². The number of benzene rings is 1. The summed E-state index contributed by atoms with van der Waals surface area (Å²) in [7, 11) is 0. The van der Waals surface area contributed by atoms with Gasteiger partial charge >= 0.3 is 0 Å². The molecule has 1 amide bonds. The molecule has 1 saturated heterocycles. The normalized spacial score (nSPS) is 23.4. The van der Waals surface area contributed by atoms with Gasteiger partial charge in [0.05, 0.1) is 5.60 Å². The lowest BCUT2D eigenvalue weighted by Gasteiger charge is -2.36. The van der Waals surface area contributed by atoms with E-state index >= 15 is 0 Å². The first kappa shape index (κ1) is 13.9. The second kappa shape index (κ2) is 5.61. The molecule has 1 heterocycles. The Morgan fingerprint density at radius 3 is 2.84 bits per heavy atom. The number of hydrogen-bond donors (Lipinski definition) is 2. The molecule has 4 nitrogen and oxygen atoms in total. The number of amides is 1. The number of para-hydroxylation sites is 1. The second-order valence-corrected chi connectivity index (χ2v) is 5.54. The minimum absolute atomic E-state index is 0.0447. The molecule has 1 unspecified atom stereocenters. The summed E-state index contributed by atoms with van der Waals surface area (Å²) in [5.41, 5.74) is 0.0302. The number of hydrogen-bond acceptors (Lipinski definition) is 3. The maximum atomic E-state index is 12.1. The highest BCUT2D eigenvalue weighted by atomic mass is 16.3. The Morgan fingerprint density at radius 1 is 1.42 bits per heavy atom. The van der Waals surface area contributed by atoms with Crippen LogP contribution in [-0.4, -0.2) is 39.7 Å². The van der Waals surface area contributed by atoms with E-state index in [1.54, 1.807) is 24.0 Å². The van der Waals surface area contributed by atoms with E-state index in [1.807, 2.05) is 12.1 Å². The lowest BCUT2D eigenvalue weighted by atomic mass is 9.95. The van der Waals surface area contributed by atoms with Crippen LogP contribution in [0, 0.1) is 0 Å². The molecule has 0 bridgehead atoms. The fraction of sp³-hybridized carbons (Fsp3) is 0.533. The van der Waals surface area contributed by atoms with Crippen molar-refractivity contribution < 1.29 is 15.0 Å². The average molecular weight is 263 g/mol. The largest absolute Gasteiger partial charge is 0.508 e. The van der Waals surface area contributed by atoms with E-state index in [1.165, 1.54) is 0 Å². The van der Waals surface area contributed by atoms with Crippen LogP contribution in [0.5, 0.6) is 5.75 Å². The number of likely N-dealkylation sites (tertiary alicyclic amines) is 1. The fourth-order valence-corrected chi connectivity index (χ4v) is 2.55. The van der Waals surface area contributed by atoms with Crippen LogP contribution in [0.15, 0.2) is 24.3 Å². The Balaban J connectivity index is 1.90. The van der Waals surface area contributed by atoms with Crippen molar-refractivity contribution in [2.45, 2.75) is 38.2 Å². The molecule has 1 aromatic rings. The van der Waals surface area contributed by atoms with Gasteiger partial charge in [0.2, 0.25) is 5.91 Å². The molecule has 0 spiro atoms. The van der Waals surface area contributed by atoms with Gasteiger partial charge in [0.25, 0.3) is 0 Å². The number of carbonyl (C=O) groups is 1. The summed E-state index contributed by atoms with van der Waals surface area (Å²) in [6.45, 7) is 2.90. The molecule has 0 aliphatic carbocycles. The van der Waals surface area contributed by atoms with Crippen molar-refractivity contribution in [2.75, 3.05) is 13.1 Å². The number of phenolic OH excluding ortho intramolecular Hbond substituents is 1. The van der Waals surface area contributed by atoms with Crippen molar-refractivity contribution in [3.05, 3.63) is 29.8 Å². The third kappa shape index (κ3) is 3.70. The molecular formula is C15H21NO3. The van der Waals surface area contributed by atoms with Gasteiger partial charge in [0.1, 0.15) is 5.75 Å². The number of nitrogens with zero attached hydrogens (tertiary/aromatic N) is 1. The van der Waals surface area contributed by atoms with Gasteiger partial charge in [0, 0.05) is 19.5 Å². The van der Waals surface area contributed by atoms with Gasteiger partial charge in [-0.15, -0.1) is 0 Å². The Morgan fingerprint density at radius 2 is 2.16 bits per heavy atom. The van der Waals surface area contributed by atoms with Crippen molar-refractivity contribution >= 4 is 5.91 Å². The number of piperidine rings is 1. The molecule has 1 fully saturated rings. The number of β-amino-alcohol motifs (C(OH)–C–C–N with tert-alkyl or cyclic N) is 1. The Labute approximate surface area is 113 Å². The van der Waals surface area contributed by atoms with Crippen LogP contribution in [0.1, 0.15) is 31.7 Å². The summed E-state index contributed by atoms with van der Waals surface area (Å²) in [6, 6.07) is 7.08. The Kier molecular flexibility index (Phi) is 4.10. The summed E-state index contributed by atoms with van der Waals surface area (Å²) < 4.78 is 0. The molecule has 2 N–H and O–H groups in total. The molecular weight excluding hydrogens is 242 g/mol. The lowest BCUT2D eigenvalue weighted by Crippen LogP contribution is -2.48. The molecule has 1 aromatic carbocycles. The maximum absolute atomic E-state index is 12.1. The molecule has 0 saturated carbocycles. The van der Waals surface area contributed by atoms with E-state index in [4.69, 9.17) is 0 Å². The molecule has 1 aliphatic rings. The van der Waals surface area contributed by atoms with Crippen LogP contribution in [0.3, 0.4) is 0 Å². The second-order valence-electron chi connectivity index (χ2n) is 5.54. The number of carbonyl (C=O) groups excluding carboxylic acids is 1. The SMILES string of the molecule is CC1(O)CCCN(C(=O)CCc2ccccc2O)C1. The van der Waals surface area contributed by atoms with Crippen LogP contribution in [-0.2, 0) is 11.2 Å². The molecule has 4 heteroatoms. The Hall–Kier alpha value is -1.55. The standard InChI is InChI=1S/C15H21NO3/c1-15(19)9-4-10-16(11-15)14(18)8-7-12-5-2-3-6-13(12)17/h2-3,5-6,17,19H,4,7-11H2,1H3. The summed E-state index contributed by atoms with van der Waals surface area (Å²) >= 11 is 0. The lowest BCUT2D eigenvalue weighted by molar-refractivity contribution is -0.137. The summed E-state index contributed by atoms with van der Waals surface area (Å²) in [4.78, 5) is 13.8. The van der Waals surface area contributed by atoms with Gasteiger partial charge in [-0.25, -0.2) is 0 Å². The van der Waals surface area contributed by atoms with E-state index in [0.29, 0.717) is 19.4 Å². The predicted octanol–water partition coefficient (Wildman–Crippen LogP) is 1.70. The van der Waals surface area contributed by atoms with Crippen LogP contribution in [0.4, 0.5) is 0 Å². The zero-order chi connectivity index (χ0) is 13.9. The highest BCUT2D eigenvalue weighted by molar-refractivity contribution is 5.76. The van der Waals surface area contributed by atoms with Crippen LogP contribution < -0.4 is 0 Å². The van der Waals surface area contributed by atoms with Crippen LogP contribution in [0.2, 0.25) is 0 Å². The highest BCUT2D eigenvalue weighted by Gasteiger charge is 2.30. The summed E-state index contributed by atoms with van der Waals surface area (Å²) in [5.74, 6) is 0.282. The zero-order valence-electron chi connectivity index (χ0n) is 11.3.